The summed E-state index contributed by atoms with van der Waals surface area (Å²) in [5, 5.41) is 15.7. The highest BCUT2D eigenvalue weighted by atomic mass is 35.5. The average molecular weight is 311 g/mol. The van der Waals surface area contributed by atoms with E-state index >= 15 is 0 Å². The third-order valence-electron chi connectivity index (χ3n) is 2.70. The van der Waals surface area contributed by atoms with Crippen molar-refractivity contribution in [1.29, 1.82) is 0 Å². The number of carboxylic acids is 1. The maximum Gasteiger partial charge on any atom is 0.353 e. The molecular weight excluding hydrogens is 296 g/mol. The van der Waals surface area contributed by atoms with Crippen molar-refractivity contribution in [3.63, 3.8) is 0 Å². The van der Waals surface area contributed by atoms with E-state index in [4.69, 9.17) is 26.2 Å². The first-order valence-corrected chi connectivity index (χ1v) is 6.63. The fraction of sp³-hybridized carbons (Fsp3) is 0.286. The summed E-state index contributed by atoms with van der Waals surface area (Å²) in [5.41, 5.74) is 0.975. The van der Waals surface area contributed by atoms with Gasteiger partial charge in [-0.1, -0.05) is 11.6 Å². The minimum Gasteiger partial charge on any atom is -0.493 e. The Morgan fingerprint density at radius 3 is 2.57 bits per heavy atom. The van der Waals surface area contributed by atoms with Crippen LogP contribution < -0.4 is 9.47 Å². The number of benzene rings is 1. The van der Waals surface area contributed by atoms with Crippen molar-refractivity contribution in [2.75, 3.05) is 7.11 Å². The Balaban J connectivity index is 2.46. The van der Waals surface area contributed by atoms with Gasteiger partial charge in [-0.05, 0) is 26.0 Å². The van der Waals surface area contributed by atoms with Crippen LogP contribution in [0.2, 0.25) is 5.02 Å². The number of aromatic nitrogens is 2. The highest BCUT2D eigenvalue weighted by Crippen LogP contribution is 2.38. The van der Waals surface area contributed by atoms with E-state index in [1.54, 1.807) is 12.1 Å². The van der Waals surface area contributed by atoms with Gasteiger partial charge in [-0.25, -0.2) is 4.79 Å². The van der Waals surface area contributed by atoms with Crippen LogP contribution in [0.15, 0.2) is 18.2 Å². The van der Waals surface area contributed by atoms with E-state index in [1.165, 1.54) is 13.2 Å². The maximum absolute atomic E-state index is 10.9. The molecule has 112 valence electrons. The van der Waals surface area contributed by atoms with Crippen molar-refractivity contribution >= 4 is 17.6 Å². The summed E-state index contributed by atoms with van der Waals surface area (Å²) in [7, 11) is 1.52. The van der Waals surface area contributed by atoms with Gasteiger partial charge in [-0.2, -0.15) is 5.10 Å². The van der Waals surface area contributed by atoms with E-state index < -0.39 is 5.97 Å². The van der Waals surface area contributed by atoms with Gasteiger partial charge < -0.3 is 14.6 Å². The maximum atomic E-state index is 10.9. The van der Waals surface area contributed by atoms with E-state index in [0.717, 1.165) is 0 Å². The zero-order valence-corrected chi connectivity index (χ0v) is 12.6. The van der Waals surface area contributed by atoms with Gasteiger partial charge in [-0.3, -0.25) is 5.10 Å². The number of halogens is 1. The minimum atomic E-state index is -1.09. The molecule has 0 fully saturated rings. The van der Waals surface area contributed by atoms with Gasteiger partial charge in [0, 0.05) is 11.6 Å². The molecule has 7 heteroatoms. The third-order valence-corrected chi connectivity index (χ3v) is 3.01. The van der Waals surface area contributed by atoms with Crippen LogP contribution >= 0.6 is 11.6 Å². The first kappa shape index (κ1) is 15.2. The van der Waals surface area contributed by atoms with Crippen LogP contribution in [-0.4, -0.2) is 34.5 Å². The number of methoxy groups -OCH3 is 1. The smallest absolute Gasteiger partial charge is 0.353 e. The average Bonchev–Trinajstić information content (AvgIpc) is 2.88. The van der Waals surface area contributed by atoms with Crippen molar-refractivity contribution in [3.05, 3.63) is 28.9 Å². The van der Waals surface area contributed by atoms with Crippen LogP contribution in [0.3, 0.4) is 0 Å². The highest BCUT2D eigenvalue weighted by molar-refractivity contribution is 6.33. The second-order valence-corrected chi connectivity index (χ2v) is 5.03. The van der Waals surface area contributed by atoms with Crippen molar-refractivity contribution in [1.82, 2.24) is 10.2 Å². The number of H-pyrrole nitrogens is 1. The number of hydrogen-bond acceptors (Lipinski definition) is 4. The van der Waals surface area contributed by atoms with Gasteiger partial charge >= 0.3 is 5.97 Å². The molecular formula is C14H15ClN2O4. The molecule has 0 aliphatic carbocycles. The molecule has 0 saturated heterocycles. The molecule has 1 aromatic heterocycles. The molecule has 2 N–H and O–H groups in total. The second kappa shape index (κ2) is 6.05. The number of nitrogens with zero attached hydrogens (tertiary/aromatic N) is 1. The molecule has 0 unspecified atom stereocenters. The molecule has 6 nitrogen and oxygen atoms in total. The predicted molar refractivity (Wildman–Crippen MR) is 78.3 cm³/mol. The Kier molecular flexibility index (Phi) is 4.37. The molecule has 0 bridgehead atoms. The quantitative estimate of drug-likeness (QED) is 0.885. The number of hydrogen-bond donors (Lipinski definition) is 2. The number of carbonyl (C=O) groups is 1. The fourth-order valence-corrected chi connectivity index (χ4v) is 2.06. The summed E-state index contributed by atoms with van der Waals surface area (Å²) in [6, 6.07) is 4.71. The number of carboxylic acid groups (broad SMARTS) is 1. The van der Waals surface area contributed by atoms with E-state index in [-0.39, 0.29) is 11.8 Å². The standard InChI is InChI=1S/C14H15ClN2O4/c1-7(2)21-13-5-9(15)8(4-12(13)20-3)10-6-11(14(18)19)17-16-10/h4-7H,1-3H3,(H,16,17)(H,18,19). The van der Waals surface area contributed by atoms with Crippen molar-refractivity contribution in [2.24, 2.45) is 0 Å². The number of rotatable bonds is 5. The lowest BCUT2D eigenvalue weighted by atomic mass is 10.1. The topological polar surface area (TPSA) is 84.4 Å². The van der Waals surface area contributed by atoms with Crippen molar-refractivity contribution in [3.8, 4) is 22.8 Å². The first-order chi connectivity index (χ1) is 9.92. The molecule has 0 saturated carbocycles. The molecule has 0 aliphatic heterocycles. The van der Waals surface area contributed by atoms with Crippen LogP contribution in [0, 0.1) is 0 Å². The van der Waals surface area contributed by atoms with Crippen molar-refractivity contribution < 1.29 is 19.4 Å². The number of aromatic carboxylic acids is 1. The lowest BCUT2D eigenvalue weighted by molar-refractivity contribution is 0.0690. The van der Waals surface area contributed by atoms with E-state index in [2.05, 4.69) is 10.2 Å². The molecule has 0 spiro atoms. The summed E-state index contributed by atoms with van der Waals surface area (Å²) in [6.45, 7) is 3.79. The molecule has 0 atom stereocenters. The van der Waals surface area contributed by atoms with Crippen LogP contribution in [0.4, 0.5) is 0 Å². The molecule has 1 aromatic carbocycles. The van der Waals surface area contributed by atoms with E-state index in [9.17, 15) is 4.79 Å². The Bertz CT molecular complexity index is 667. The van der Waals surface area contributed by atoms with Crippen molar-refractivity contribution in [2.45, 2.75) is 20.0 Å². The summed E-state index contributed by atoms with van der Waals surface area (Å²) in [5.74, 6) is -0.0604. The SMILES string of the molecule is COc1cc(-c2cc(C(=O)O)[nH]n2)c(Cl)cc1OC(C)C. The van der Waals surface area contributed by atoms with Gasteiger partial charge in [0.25, 0.3) is 0 Å². The summed E-state index contributed by atoms with van der Waals surface area (Å²) in [4.78, 5) is 10.9. The molecule has 2 aromatic rings. The molecule has 21 heavy (non-hydrogen) atoms. The van der Waals surface area contributed by atoms with E-state index in [0.29, 0.717) is 27.8 Å². The number of aromatic amines is 1. The molecule has 0 radical (unpaired) electrons. The van der Waals surface area contributed by atoms with Gasteiger partial charge in [-0.15, -0.1) is 0 Å². The third kappa shape index (κ3) is 3.28. The van der Waals surface area contributed by atoms with Gasteiger partial charge in [0.2, 0.25) is 0 Å². The summed E-state index contributed by atoms with van der Waals surface area (Å²) in [6.07, 6.45) is -0.0233. The first-order valence-electron chi connectivity index (χ1n) is 6.25. The van der Waals surface area contributed by atoms with Gasteiger partial charge in [0.15, 0.2) is 11.5 Å². The van der Waals surface area contributed by atoms with Gasteiger partial charge in [0.1, 0.15) is 5.69 Å². The molecule has 1 heterocycles. The molecule has 0 amide bonds. The highest BCUT2D eigenvalue weighted by Gasteiger charge is 2.16. The summed E-state index contributed by atoms with van der Waals surface area (Å²) >= 11 is 6.23. The van der Waals surface area contributed by atoms with Gasteiger partial charge in [0.05, 0.1) is 23.9 Å². The Morgan fingerprint density at radius 2 is 2.05 bits per heavy atom. The molecule has 2 rings (SSSR count). The zero-order chi connectivity index (χ0) is 15.6. The largest absolute Gasteiger partial charge is 0.493 e. The van der Waals surface area contributed by atoms with Crippen LogP contribution in [-0.2, 0) is 0 Å². The number of nitrogens with one attached hydrogen (secondary N) is 1. The van der Waals surface area contributed by atoms with E-state index in [1.807, 2.05) is 13.8 Å². The lowest BCUT2D eigenvalue weighted by Gasteiger charge is -2.15. The molecule has 0 aliphatic rings. The van der Waals surface area contributed by atoms with Crippen LogP contribution in [0.25, 0.3) is 11.3 Å². The Hall–Kier alpha value is -2.21. The summed E-state index contributed by atoms with van der Waals surface area (Å²) < 4.78 is 10.9. The van der Waals surface area contributed by atoms with Crippen LogP contribution in [0.1, 0.15) is 24.3 Å². The Morgan fingerprint density at radius 1 is 1.33 bits per heavy atom. The fourth-order valence-electron chi connectivity index (χ4n) is 1.81. The lowest BCUT2D eigenvalue weighted by Crippen LogP contribution is -2.06. The monoisotopic (exact) mass is 310 g/mol. The Labute approximate surface area is 126 Å². The normalized spacial score (nSPS) is 10.7. The predicted octanol–water partition coefficient (Wildman–Crippen LogP) is 3.22. The second-order valence-electron chi connectivity index (χ2n) is 4.62. The zero-order valence-electron chi connectivity index (χ0n) is 11.8. The minimum absolute atomic E-state index is 0.0115. The van der Waals surface area contributed by atoms with Crippen LogP contribution in [0.5, 0.6) is 11.5 Å². The number of ether oxygens (including phenoxy) is 2.